The van der Waals surface area contributed by atoms with Crippen molar-refractivity contribution in [3.63, 3.8) is 0 Å². The molecule has 0 spiro atoms. The third-order valence-electron chi connectivity index (χ3n) is 2.81. The Labute approximate surface area is 136 Å². The topological polar surface area (TPSA) is 90.5 Å². The molecule has 1 rings (SSSR count). The number of rotatable bonds is 5. The minimum absolute atomic E-state index is 0.276. The first kappa shape index (κ1) is 19.4. The van der Waals surface area contributed by atoms with Crippen molar-refractivity contribution in [2.75, 3.05) is 32.5 Å². The zero-order valence-corrected chi connectivity index (χ0v) is 13.0. The van der Waals surface area contributed by atoms with Gasteiger partial charge in [0.1, 0.15) is 0 Å². The van der Waals surface area contributed by atoms with E-state index in [0.29, 0.717) is 0 Å². The highest BCUT2D eigenvalue weighted by molar-refractivity contribution is 5.96. The van der Waals surface area contributed by atoms with Crippen molar-refractivity contribution in [1.29, 1.82) is 0 Å². The molecule has 0 atom stereocenters. The molecule has 0 saturated carbocycles. The van der Waals surface area contributed by atoms with E-state index in [1.807, 2.05) is 5.32 Å². The number of amides is 4. The van der Waals surface area contributed by atoms with Crippen LogP contribution in [0.5, 0.6) is 0 Å². The number of nitrogens with zero attached hydrogens (tertiary/aromatic N) is 1. The Kier molecular flexibility index (Phi) is 6.71. The minimum Gasteiger partial charge on any atom is -0.341 e. The molecule has 24 heavy (non-hydrogen) atoms. The standard InChI is InChI=1S/C14H17F3N4O3/c1-18-13(24)20-12(23)8-21(2)7-11(22)19-10-6-4-3-5-9(10)14(15,16)17/h3-6H,7-8H2,1-2H3,(H,19,22)(H2,18,20,23,24). The van der Waals surface area contributed by atoms with E-state index in [2.05, 4.69) is 10.6 Å². The average molecular weight is 346 g/mol. The first-order valence-electron chi connectivity index (χ1n) is 6.79. The van der Waals surface area contributed by atoms with Crippen molar-refractivity contribution in [2.24, 2.45) is 0 Å². The van der Waals surface area contributed by atoms with Gasteiger partial charge in [0.15, 0.2) is 0 Å². The fraction of sp³-hybridized carbons (Fsp3) is 0.357. The van der Waals surface area contributed by atoms with Crippen LogP contribution in [0.2, 0.25) is 0 Å². The van der Waals surface area contributed by atoms with E-state index in [9.17, 15) is 27.6 Å². The summed E-state index contributed by atoms with van der Waals surface area (Å²) in [5, 5.41) is 6.35. The smallest absolute Gasteiger partial charge is 0.341 e. The fourth-order valence-corrected chi connectivity index (χ4v) is 1.80. The highest BCUT2D eigenvalue weighted by Gasteiger charge is 2.33. The van der Waals surface area contributed by atoms with Gasteiger partial charge >= 0.3 is 12.2 Å². The molecule has 0 bridgehead atoms. The Morgan fingerprint density at radius 2 is 1.67 bits per heavy atom. The lowest BCUT2D eigenvalue weighted by Gasteiger charge is -2.17. The van der Waals surface area contributed by atoms with Gasteiger partial charge < -0.3 is 10.6 Å². The number of hydrogen-bond acceptors (Lipinski definition) is 4. The SMILES string of the molecule is CNC(=O)NC(=O)CN(C)CC(=O)Nc1ccccc1C(F)(F)F. The van der Waals surface area contributed by atoms with Gasteiger partial charge in [0, 0.05) is 7.05 Å². The number of urea groups is 1. The zero-order valence-electron chi connectivity index (χ0n) is 13.0. The van der Waals surface area contributed by atoms with Crippen LogP contribution in [0.3, 0.4) is 0 Å². The maximum atomic E-state index is 12.8. The van der Waals surface area contributed by atoms with Crippen molar-refractivity contribution < 1.29 is 27.6 Å². The van der Waals surface area contributed by atoms with Crippen LogP contribution in [0.25, 0.3) is 0 Å². The number of alkyl halides is 3. The molecule has 0 unspecified atom stereocenters. The monoisotopic (exact) mass is 346 g/mol. The van der Waals surface area contributed by atoms with Crippen LogP contribution in [0.15, 0.2) is 24.3 Å². The summed E-state index contributed by atoms with van der Waals surface area (Å²) >= 11 is 0. The van der Waals surface area contributed by atoms with Gasteiger partial charge in [-0.2, -0.15) is 13.2 Å². The third-order valence-corrected chi connectivity index (χ3v) is 2.81. The van der Waals surface area contributed by atoms with Crippen LogP contribution in [0, 0.1) is 0 Å². The van der Waals surface area contributed by atoms with Crippen LogP contribution in [-0.4, -0.2) is 49.9 Å². The molecule has 0 aliphatic carbocycles. The zero-order chi connectivity index (χ0) is 18.3. The largest absolute Gasteiger partial charge is 0.418 e. The van der Waals surface area contributed by atoms with Crippen LogP contribution in [0.4, 0.5) is 23.7 Å². The fourth-order valence-electron chi connectivity index (χ4n) is 1.80. The number of carbonyl (C=O) groups excluding carboxylic acids is 3. The minimum atomic E-state index is -4.59. The summed E-state index contributed by atoms with van der Waals surface area (Å²) in [6.45, 7) is -0.602. The summed E-state index contributed by atoms with van der Waals surface area (Å²) in [6, 6.07) is 3.88. The summed E-state index contributed by atoms with van der Waals surface area (Å²) in [4.78, 5) is 35.5. The molecule has 0 radical (unpaired) electrons. The van der Waals surface area contributed by atoms with Gasteiger partial charge in [0.2, 0.25) is 11.8 Å². The molecule has 1 aromatic carbocycles. The number of anilines is 1. The van der Waals surface area contributed by atoms with Gasteiger partial charge in [-0.3, -0.25) is 19.8 Å². The molecule has 4 amide bonds. The Morgan fingerprint density at radius 1 is 1.08 bits per heavy atom. The Hall–Kier alpha value is -2.62. The molecule has 132 valence electrons. The lowest BCUT2D eigenvalue weighted by atomic mass is 10.1. The van der Waals surface area contributed by atoms with E-state index in [-0.39, 0.29) is 18.8 Å². The van der Waals surface area contributed by atoms with Gasteiger partial charge in [-0.15, -0.1) is 0 Å². The lowest BCUT2D eigenvalue weighted by molar-refractivity contribution is -0.137. The maximum Gasteiger partial charge on any atom is 0.418 e. The van der Waals surface area contributed by atoms with Crippen LogP contribution < -0.4 is 16.0 Å². The second kappa shape index (κ2) is 8.29. The summed E-state index contributed by atoms with van der Waals surface area (Å²) in [5.74, 6) is -1.37. The van der Waals surface area contributed by atoms with E-state index in [1.165, 1.54) is 31.1 Å². The van der Waals surface area contributed by atoms with Crippen molar-refractivity contribution >= 4 is 23.5 Å². The molecule has 0 aliphatic rings. The number of benzene rings is 1. The summed E-state index contributed by atoms with van der Waals surface area (Å²) in [7, 11) is 2.75. The number of para-hydroxylation sites is 1. The summed E-state index contributed by atoms with van der Waals surface area (Å²) in [6.07, 6.45) is -4.59. The molecule has 0 fully saturated rings. The number of carbonyl (C=O) groups is 3. The highest BCUT2D eigenvalue weighted by Crippen LogP contribution is 2.34. The van der Waals surface area contributed by atoms with E-state index in [0.717, 1.165) is 12.1 Å². The van der Waals surface area contributed by atoms with Gasteiger partial charge in [-0.25, -0.2) is 4.79 Å². The van der Waals surface area contributed by atoms with Crippen molar-refractivity contribution in [3.05, 3.63) is 29.8 Å². The van der Waals surface area contributed by atoms with Gasteiger partial charge in [0.25, 0.3) is 0 Å². The predicted octanol–water partition coefficient (Wildman–Crippen LogP) is 1.03. The normalized spacial score (nSPS) is 11.1. The van der Waals surface area contributed by atoms with Crippen LogP contribution >= 0.6 is 0 Å². The molecular weight excluding hydrogens is 329 g/mol. The summed E-state index contributed by atoms with van der Waals surface area (Å²) < 4.78 is 38.5. The second-order valence-corrected chi connectivity index (χ2v) is 4.89. The van der Waals surface area contributed by atoms with Crippen LogP contribution in [-0.2, 0) is 15.8 Å². The number of likely N-dealkylation sites (N-methyl/N-ethyl adjacent to an activating group) is 1. The first-order valence-corrected chi connectivity index (χ1v) is 6.79. The van der Waals surface area contributed by atoms with E-state index in [1.54, 1.807) is 0 Å². The molecular formula is C14H17F3N4O3. The number of halogens is 3. The van der Waals surface area contributed by atoms with Crippen LogP contribution in [0.1, 0.15) is 5.56 Å². The molecule has 0 saturated heterocycles. The molecule has 0 heterocycles. The number of hydrogen-bond donors (Lipinski definition) is 3. The second-order valence-electron chi connectivity index (χ2n) is 4.89. The quantitative estimate of drug-likeness (QED) is 0.743. The third kappa shape index (κ3) is 6.24. The van der Waals surface area contributed by atoms with E-state index >= 15 is 0 Å². The van der Waals surface area contributed by atoms with Gasteiger partial charge in [0.05, 0.1) is 24.3 Å². The van der Waals surface area contributed by atoms with Crippen molar-refractivity contribution in [2.45, 2.75) is 6.18 Å². The summed E-state index contributed by atoms with van der Waals surface area (Å²) in [5.41, 5.74) is -1.32. The Bertz CT molecular complexity index is 620. The average Bonchev–Trinajstić information content (AvgIpc) is 2.45. The number of nitrogens with one attached hydrogen (secondary N) is 3. The van der Waals surface area contributed by atoms with Crippen molar-refractivity contribution in [3.8, 4) is 0 Å². The van der Waals surface area contributed by atoms with Gasteiger partial charge in [-0.05, 0) is 19.2 Å². The van der Waals surface area contributed by atoms with E-state index in [4.69, 9.17) is 0 Å². The Morgan fingerprint density at radius 3 is 2.25 bits per heavy atom. The molecule has 7 nitrogen and oxygen atoms in total. The molecule has 3 N–H and O–H groups in total. The first-order chi connectivity index (χ1) is 11.1. The Balaban J connectivity index is 2.61. The molecule has 0 aromatic heterocycles. The van der Waals surface area contributed by atoms with E-state index < -0.39 is 29.6 Å². The predicted molar refractivity (Wildman–Crippen MR) is 80.2 cm³/mol. The van der Waals surface area contributed by atoms with Crippen molar-refractivity contribution in [1.82, 2.24) is 15.5 Å². The lowest BCUT2D eigenvalue weighted by Crippen LogP contribution is -2.44. The highest BCUT2D eigenvalue weighted by atomic mass is 19.4. The number of imide groups is 1. The molecule has 1 aromatic rings. The molecule has 10 heteroatoms. The molecule has 0 aliphatic heterocycles. The maximum absolute atomic E-state index is 12.8. The van der Waals surface area contributed by atoms with Gasteiger partial charge in [-0.1, -0.05) is 12.1 Å².